The summed E-state index contributed by atoms with van der Waals surface area (Å²) in [6.07, 6.45) is 11.0. The molecular formula is C40H45N9O6. The summed E-state index contributed by atoms with van der Waals surface area (Å²) in [5.41, 5.74) is 6.14. The number of nitrogens with zero attached hydrogens (tertiary/aromatic N) is 6. The largest absolute Gasteiger partial charge is 0.493 e. The maximum absolute atomic E-state index is 13.7. The van der Waals surface area contributed by atoms with Crippen molar-refractivity contribution in [2.24, 2.45) is 7.05 Å². The molecule has 8 rings (SSSR count). The van der Waals surface area contributed by atoms with Gasteiger partial charge in [0.2, 0.25) is 5.91 Å². The summed E-state index contributed by atoms with van der Waals surface area (Å²) in [7, 11) is 3.10. The number of hydrogen-bond acceptors (Lipinski definition) is 9. The number of amides is 3. The van der Waals surface area contributed by atoms with Crippen LogP contribution in [0.1, 0.15) is 72.7 Å². The maximum atomic E-state index is 13.7. The topological polar surface area (TPSA) is 173 Å². The van der Waals surface area contributed by atoms with Crippen LogP contribution in [-0.2, 0) is 21.3 Å². The maximum Gasteiger partial charge on any atom is 0.407 e. The van der Waals surface area contributed by atoms with E-state index >= 15 is 0 Å². The fraction of sp³-hybridized carbons (Fsp3) is 0.400. The number of likely N-dealkylation sites (tertiary alicyclic amines) is 1. The molecule has 0 unspecified atom stereocenters. The lowest BCUT2D eigenvalue weighted by Gasteiger charge is -2.28. The summed E-state index contributed by atoms with van der Waals surface area (Å²) in [4.78, 5) is 63.2. The van der Waals surface area contributed by atoms with Gasteiger partial charge in [-0.2, -0.15) is 0 Å². The Hall–Kier alpha value is -5.96. The number of nitrogens with one attached hydrogen (secondary N) is 3. The number of aromatic nitrogens is 6. The number of H-pyrrole nitrogens is 2. The fourth-order valence-corrected chi connectivity index (χ4v) is 7.77. The second kappa shape index (κ2) is 15.8. The van der Waals surface area contributed by atoms with E-state index in [4.69, 9.17) is 24.2 Å². The van der Waals surface area contributed by atoms with Crippen LogP contribution >= 0.6 is 0 Å². The summed E-state index contributed by atoms with van der Waals surface area (Å²) >= 11 is 0. The minimum atomic E-state index is -0.866. The highest BCUT2D eigenvalue weighted by Crippen LogP contribution is 2.38. The van der Waals surface area contributed by atoms with Crippen molar-refractivity contribution in [3.8, 4) is 39.4 Å². The van der Waals surface area contributed by atoms with Crippen LogP contribution in [-0.4, -0.2) is 103 Å². The van der Waals surface area contributed by atoms with E-state index in [2.05, 4.69) is 56.7 Å². The van der Waals surface area contributed by atoms with Gasteiger partial charge in [-0.05, 0) is 67.3 Å². The van der Waals surface area contributed by atoms with E-state index in [0.717, 1.165) is 77.3 Å². The zero-order chi connectivity index (χ0) is 37.9. The Morgan fingerprint density at radius 3 is 2.36 bits per heavy atom. The fourth-order valence-electron chi connectivity index (χ4n) is 7.77. The van der Waals surface area contributed by atoms with Gasteiger partial charge in [-0.1, -0.05) is 30.3 Å². The molecule has 55 heavy (non-hydrogen) atoms. The van der Waals surface area contributed by atoms with Gasteiger partial charge in [0.05, 0.1) is 68.7 Å². The van der Waals surface area contributed by atoms with Crippen molar-refractivity contribution in [2.45, 2.75) is 56.7 Å². The number of aromatic amines is 2. The van der Waals surface area contributed by atoms with Crippen LogP contribution in [0.3, 0.4) is 0 Å². The molecule has 5 aromatic rings. The standard InChI is InChI=1S/C40H45N9O6/c1-47-24-41-22-34(47)39(51)49-16-6-8-33(49)36-42-20-29(44-36)26-11-9-25(10-12-26)27-13-14-28-30-21-43-37(45-30)32-7-5-15-48(32)38(50)31(46-40(52)53-2)23-54-17-3-4-18-55-35(28)19-27/h9-14,19-22,24,31-33H,3-8,15-18,23H2,1-2H3,(H,42,44)(H,43,45)(H,46,52)/t31-,32-,33-/m0/s1. The zero-order valence-corrected chi connectivity index (χ0v) is 31.0. The number of fused-ring (bicyclic) bond motifs is 6. The zero-order valence-electron chi connectivity index (χ0n) is 31.0. The lowest BCUT2D eigenvalue weighted by Crippen LogP contribution is -2.50. The molecule has 3 N–H and O–H groups in total. The van der Waals surface area contributed by atoms with Gasteiger partial charge in [-0.25, -0.2) is 19.7 Å². The summed E-state index contributed by atoms with van der Waals surface area (Å²) in [5, 5.41) is 2.65. The Morgan fingerprint density at radius 2 is 1.56 bits per heavy atom. The lowest BCUT2D eigenvalue weighted by atomic mass is 10.00. The highest BCUT2D eigenvalue weighted by Gasteiger charge is 2.37. The first-order valence-corrected chi connectivity index (χ1v) is 18.9. The Labute approximate surface area is 318 Å². The monoisotopic (exact) mass is 747 g/mol. The molecule has 0 saturated carbocycles. The molecule has 3 aliphatic rings. The Balaban J connectivity index is 1.01. The van der Waals surface area contributed by atoms with Crippen LogP contribution in [0.2, 0.25) is 0 Å². The van der Waals surface area contributed by atoms with Crippen LogP contribution in [0.25, 0.3) is 33.6 Å². The highest BCUT2D eigenvalue weighted by atomic mass is 16.5. The quantitative estimate of drug-likeness (QED) is 0.212. The number of ether oxygens (including phenoxy) is 3. The van der Waals surface area contributed by atoms with Crippen molar-refractivity contribution >= 4 is 17.9 Å². The molecular weight excluding hydrogens is 702 g/mol. The van der Waals surface area contributed by atoms with Gasteiger partial charge in [0.25, 0.3) is 5.91 Å². The first-order valence-electron chi connectivity index (χ1n) is 18.9. The molecule has 2 fully saturated rings. The van der Waals surface area contributed by atoms with Gasteiger partial charge < -0.3 is 43.9 Å². The number of alkyl carbamates (subject to hydrolysis) is 1. The molecule has 3 aromatic heterocycles. The highest BCUT2D eigenvalue weighted by molar-refractivity contribution is 5.93. The van der Waals surface area contributed by atoms with Gasteiger partial charge in [0.15, 0.2) is 0 Å². The molecule has 3 aliphatic heterocycles. The van der Waals surface area contributed by atoms with Gasteiger partial charge in [0.1, 0.15) is 29.1 Å². The van der Waals surface area contributed by atoms with E-state index in [1.54, 1.807) is 28.2 Å². The normalized spacial score (nSPS) is 20.5. The van der Waals surface area contributed by atoms with Crippen LogP contribution in [0.4, 0.5) is 4.79 Å². The second-order valence-electron chi connectivity index (χ2n) is 14.2. The number of imidazole rings is 3. The van der Waals surface area contributed by atoms with Crippen molar-refractivity contribution in [1.29, 1.82) is 0 Å². The van der Waals surface area contributed by atoms with Crippen molar-refractivity contribution in [2.75, 3.05) is 40.0 Å². The average Bonchev–Trinajstić information content (AvgIpc) is 4.06. The Bertz CT molecular complexity index is 2160. The number of rotatable bonds is 5. The molecule has 6 heterocycles. The molecule has 15 heteroatoms. The molecule has 3 amide bonds. The average molecular weight is 748 g/mol. The summed E-state index contributed by atoms with van der Waals surface area (Å²) in [6, 6.07) is 13.2. The van der Waals surface area contributed by atoms with Crippen LogP contribution in [0.15, 0.2) is 67.4 Å². The predicted molar refractivity (Wildman–Crippen MR) is 202 cm³/mol. The molecule has 2 saturated heterocycles. The van der Waals surface area contributed by atoms with E-state index in [1.807, 2.05) is 24.2 Å². The van der Waals surface area contributed by atoms with E-state index in [-0.39, 0.29) is 30.5 Å². The molecule has 0 spiro atoms. The number of carbonyl (C=O) groups is 3. The SMILES string of the molecule is COC(=O)N[C@H]1COCCCCOc2cc(-c3ccc(-c4cnc([C@@H]5CCCN5C(=O)c5cncn5C)[nH]4)cc3)ccc2-c2cnc([nH]2)[C@@H]2CCCN2C1=O. The summed E-state index contributed by atoms with van der Waals surface area (Å²) < 4.78 is 18.8. The van der Waals surface area contributed by atoms with Gasteiger partial charge in [0, 0.05) is 32.3 Å². The number of methoxy groups -OCH3 is 1. The number of hydrogen-bond donors (Lipinski definition) is 3. The molecule has 0 radical (unpaired) electrons. The van der Waals surface area contributed by atoms with Crippen LogP contribution in [0.5, 0.6) is 5.75 Å². The minimum Gasteiger partial charge on any atom is -0.493 e. The number of benzene rings is 2. The first kappa shape index (κ1) is 36.0. The van der Waals surface area contributed by atoms with Gasteiger partial charge >= 0.3 is 6.09 Å². The van der Waals surface area contributed by atoms with Crippen molar-refractivity contribution in [3.63, 3.8) is 0 Å². The Morgan fingerprint density at radius 1 is 0.855 bits per heavy atom. The second-order valence-corrected chi connectivity index (χ2v) is 14.2. The van der Waals surface area contributed by atoms with Crippen LogP contribution < -0.4 is 10.1 Å². The third-order valence-corrected chi connectivity index (χ3v) is 10.7. The van der Waals surface area contributed by atoms with E-state index < -0.39 is 12.1 Å². The molecule has 2 bridgehead atoms. The smallest absolute Gasteiger partial charge is 0.407 e. The molecule has 15 nitrogen and oxygen atoms in total. The van der Waals surface area contributed by atoms with Gasteiger partial charge in [-0.15, -0.1) is 0 Å². The lowest BCUT2D eigenvalue weighted by molar-refractivity contribution is -0.136. The third-order valence-electron chi connectivity index (χ3n) is 10.7. The molecule has 286 valence electrons. The first-order chi connectivity index (χ1) is 26.9. The van der Waals surface area contributed by atoms with Crippen molar-refractivity contribution < 1.29 is 28.6 Å². The summed E-state index contributed by atoms with van der Waals surface area (Å²) in [5.74, 6) is 1.93. The van der Waals surface area contributed by atoms with Crippen molar-refractivity contribution in [1.82, 2.24) is 44.6 Å². The van der Waals surface area contributed by atoms with Crippen LogP contribution in [0, 0.1) is 0 Å². The molecule has 2 aromatic carbocycles. The van der Waals surface area contributed by atoms with E-state index in [9.17, 15) is 14.4 Å². The third kappa shape index (κ3) is 7.43. The number of carbonyl (C=O) groups excluding carboxylic acids is 3. The van der Waals surface area contributed by atoms with E-state index in [1.165, 1.54) is 7.11 Å². The Kier molecular flexibility index (Phi) is 10.3. The predicted octanol–water partition coefficient (Wildman–Crippen LogP) is 5.42. The summed E-state index contributed by atoms with van der Waals surface area (Å²) in [6.45, 7) is 2.15. The molecule has 3 atom stereocenters. The van der Waals surface area contributed by atoms with Gasteiger partial charge in [-0.3, -0.25) is 9.59 Å². The van der Waals surface area contributed by atoms with E-state index in [0.29, 0.717) is 44.2 Å². The van der Waals surface area contributed by atoms with Crippen molar-refractivity contribution in [3.05, 3.63) is 84.7 Å². The molecule has 0 aliphatic carbocycles. The minimum absolute atomic E-state index is 0.0392. The number of aryl methyl sites for hydroxylation is 1.